The van der Waals surface area contributed by atoms with Crippen LogP contribution in [0.1, 0.15) is 25.0 Å². The second kappa shape index (κ2) is 8.16. The summed E-state index contributed by atoms with van der Waals surface area (Å²) in [7, 11) is 0. The van der Waals surface area contributed by atoms with E-state index in [4.69, 9.17) is 0 Å². The molecule has 0 nitrogen and oxygen atoms in total. The van der Waals surface area contributed by atoms with Gasteiger partial charge in [-0.05, 0) is 76.8 Å². The van der Waals surface area contributed by atoms with Gasteiger partial charge in [0.15, 0.2) is 0 Å². The van der Waals surface area contributed by atoms with E-state index in [1.54, 1.807) is 0 Å². The number of hydrogen-bond acceptors (Lipinski definition) is 0. The lowest BCUT2D eigenvalue weighted by Crippen LogP contribution is -2.15. The van der Waals surface area contributed by atoms with Crippen LogP contribution < -0.4 is 0 Å². The maximum Gasteiger partial charge on any atom is 0.0165 e. The Bertz CT molecular complexity index is 2060. The smallest absolute Gasteiger partial charge is 0.0165 e. The Balaban J connectivity index is 1.65. The summed E-state index contributed by atoms with van der Waals surface area (Å²) < 4.78 is 0. The van der Waals surface area contributed by atoms with Gasteiger partial charge in [0.2, 0.25) is 0 Å². The number of rotatable bonds is 2. The van der Waals surface area contributed by atoms with Crippen molar-refractivity contribution >= 4 is 32.3 Å². The molecule has 0 fully saturated rings. The fourth-order valence-corrected chi connectivity index (χ4v) is 7.18. The molecule has 0 radical (unpaired) electrons. The van der Waals surface area contributed by atoms with Gasteiger partial charge in [-0.1, -0.05) is 147 Å². The van der Waals surface area contributed by atoms with Crippen molar-refractivity contribution < 1.29 is 0 Å². The quantitative estimate of drug-likeness (QED) is 0.209. The molecule has 7 aromatic rings. The first-order valence-electron chi connectivity index (χ1n) is 13.8. The van der Waals surface area contributed by atoms with E-state index in [2.05, 4.69) is 147 Å². The molecule has 8 rings (SSSR count). The molecule has 1 aliphatic rings. The lowest BCUT2D eigenvalue weighted by molar-refractivity contribution is 0.667. The summed E-state index contributed by atoms with van der Waals surface area (Å²) >= 11 is 0. The molecule has 0 saturated carbocycles. The van der Waals surface area contributed by atoms with Crippen LogP contribution in [0.5, 0.6) is 0 Å². The van der Waals surface area contributed by atoms with Crippen LogP contribution in [0.15, 0.2) is 133 Å². The molecule has 0 N–H and O–H groups in total. The van der Waals surface area contributed by atoms with Gasteiger partial charge < -0.3 is 0 Å². The maximum atomic E-state index is 2.41. The molecule has 0 spiro atoms. The largest absolute Gasteiger partial charge is 0.0622 e. The topological polar surface area (TPSA) is 0 Å². The molecule has 0 amide bonds. The molecule has 0 unspecified atom stereocenters. The van der Waals surface area contributed by atoms with E-state index >= 15 is 0 Å². The Hall–Kier alpha value is -4.68. The molecular formula is C39H28. The maximum absolute atomic E-state index is 2.41. The van der Waals surface area contributed by atoms with Crippen LogP contribution in [0, 0.1) is 0 Å². The molecule has 39 heavy (non-hydrogen) atoms. The number of fused-ring (bicyclic) bond motifs is 8. The summed E-state index contributed by atoms with van der Waals surface area (Å²) in [5.41, 5.74) is 10.7. The first-order valence-corrected chi connectivity index (χ1v) is 13.8. The molecular weight excluding hydrogens is 468 g/mol. The first-order chi connectivity index (χ1) is 19.1. The third kappa shape index (κ3) is 3.06. The molecule has 0 saturated heterocycles. The predicted octanol–water partition coefficient (Wildman–Crippen LogP) is 10.8. The van der Waals surface area contributed by atoms with Gasteiger partial charge in [0.05, 0.1) is 0 Å². The molecule has 0 aliphatic heterocycles. The van der Waals surface area contributed by atoms with E-state index in [0.717, 1.165) is 0 Å². The molecule has 7 aromatic carbocycles. The molecule has 1 aliphatic carbocycles. The lowest BCUT2D eigenvalue weighted by Gasteiger charge is -2.24. The third-order valence-corrected chi connectivity index (χ3v) is 8.81. The fraction of sp³-hybridized carbons (Fsp3) is 0.0769. The van der Waals surface area contributed by atoms with E-state index in [-0.39, 0.29) is 5.41 Å². The lowest BCUT2D eigenvalue weighted by atomic mass is 9.79. The van der Waals surface area contributed by atoms with Gasteiger partial charge in [-0.15, -0.1) is 0 Å². The fourth-order valence-electron chi connectivity index (χ4n) is 7.18. The van der Waals surface area contributed by atoms with Crippen molar-refractivity contribution in [1.29, 1.82) is 0 Å². The van der Waals surface area contributed by atoms with Crippen molar-refractivity contribution in [3.05, 3.63) is 145 Å². The van der Waals surface area contributed by atoms with Crippen molar-refractivity contribution in [3.63, 3.8) is 0 Å². The summed E-state index contributed by atoms with van der Waals surface area (Å²) in [5, 5.41) is 7.93. The van der Waals surface area contributed by atoms with Crippen molar-refractivity contribution in [2.75, 3.05) is 0 Å². The van der Waals surface area contributed by atoms with Crippen molar-refractivity contribution in [2.24, 2.45) is 0 Å². The number of benzene rings is 7. The molecule has 0 aromatic heterocycles. The van der Waals surface area contributed by atoms with Crippen LogP contribution in [0.3, 0.4) is 0 Å². The Morgan fingerprint density at radius 3 is 1.67 bits per heavy atom. The summed E-state index contributed by atoms with van der Waals surface area (Å²) in [4.78, 5) is 0. The van der Waals surface area contributed by atoms with E-state index in [0.29, 0.717) is 0 Å². The second-order valence-electron chi connectivity index (χ2n) is 11.3. The minimum atomic E-state index is -0.105. The van der Waals surface area contributed by atoms with E-state index in [9.17, 15) is 0 Å². The molecule has 0 heteroatoms. The number of hydrogen-bond donors (Lipinski definition) is 0. The molecule has 0 atom stereocenters. The van der Waals surface area contributed by atoms with Crippen molar-refractivity contribution in [2.45, 2.75) is 19.3 Å². The predicted molar refractivity (Wildman–Crippen MR) is 167 cm³/mol. The third-order valence-electron chi connectivity index (χ3n) is 8.81. The van der Waals surface area contributed by atoms with Gasteiger partial charge >= 0.3 is 0 Å². The Morgan fingerprint density at radius 2 is 0.974 bits per heavy atom. The zero-order valence-corrected chi connectivity index (χ0v) is 22.2. The van der Waals surface area contributed by atoms with Crippen LogP contribution in [-0.2, 0) is 5.41 Å². The van der Waals surface area contributed by atoms with Gasteiger partial charge in [-0.3, -0.25) is 0 Å². The summed E-state index contributed by atoms with van der Waals surface area (Å²) in [6.45, 7) is 4.80. The van der Waals surface area contributed by atoms with Gasteiger partial charge in [-0.25, -0.2) is 0 Å². The highest BCUT2D eigenvalue weighted by Crippen LogP contribution is 2.57. The van der Waals surface area contributed by atoms with Gasteiger partial charge in [0, 0.05) is 5.41 Å². The van der Waals surface area contributed by atoms with E-state index in [1.807, 2.05) is 0 Å². The van der Waals surface area contributed by atoms with Gasteiger partial charge in [-0.2, -0.15) is 0 Å². The Morgan fingerprint density at radius 1 is 0.410 bits per heavy atom. The van der Waals surface area contributed by atoms with Crippen molar-refractivity contribution in [3.8, 4) is 33.4 Å². The van der Waals surface area contributed by atoms with Crippen molar-refractivity contribution in [1.82, 2.24) is 0 Å². The van der Waals surface area contributed by atoms with E-state index < -0.39 is 0 Å². The minimum Gasteiger partial charge on any atom is -0.0622 e. The standard InChI is InChI=1S/C39H28/c1-39(2)33-24-23-31-34(26-14-5-3-6-15-26)29-19-11-12-20-30(29)35(27-16-7-4-8-17-27)37(31)36(33)32-22-21-25-13-9-10-18-28(25)38(32)39/h3-24H,1-2H3. The minimum absolute atomic E-state index is 0.105. The molecule has 0 bridgehead atoms. The highest BCUT2D eigenvalue weighted by molar-refractivity contribution is 6.26. The van der Waals surface area contributed by atoms with Crippen LogP contribution >= 0.6 is 0 Å². The zero-order chi connectivity index (χ0) is 26.1. The zero-order valence-electron chi connectivity index (χ0n) is 22.2. The highest BCUT2D eigenvalue weighted by atomic mass is 14.4. The summed E-state index contributed by atoms with van der Waals surface area (Å²) in [6.07, 6.45) is 0. The summed E-state index contributed by atoms with van der Waals surface area (Å²) in [5.74, 6) is 0. The molecule has 0 heterocycles. The van der Waals surface area contributed by atoms with E-state index in [1.165, 1.54) is 76.8 Å². The van der Waals surface area contributed by atoms with Crippen LogP contribution in [-0.4, -0.2) is 0 Å². The van der Waals surface area contributed by atoms with Gasteiger partial charge in [0.25, 0.3) is 0 Å². The highest BCUT2D eigenvalue weighted by Gasteiger charge is 2.38. The Labute approximate surface area is 229 Å². The second-order valence-corrected chi connectivity index (χ2v) is 11.3. The SMILES string of the molecule is CC1(C)c2ccc3c(-c4ccccc4)c4ccccc4c(-c4ccccc4)c3c2-c2ccc3ccccc3c21. The first kappa shape index (κ1) is 22.3. The Kier molecular flexibility index (Phi) is 4.67. The molecule has 184 valence electrons. The summed E-state index contributed by atoms with van der Waals surface area (Å²) in [6, 6.07) is 49.2. The van der Waals surface area contributed by atoms with Gasteiger partial charge in [0.1, 0.15) is 0 Å². The van der Waals surface area contributed by atoms with Crippen LogP contribution in [0.2, 0.25) is 0 Å². The normalized spacial score (nSPS) is 13.6. The van der Waals surface area contributed by atoms with Crippen LogP contribution in [0.4, 0.5) is 0 Å². The average Bonchev–Trinajstić information content (AvgIpc) is 3.23. The monoisotopic (exact) mass is 496 g/mol. The average molecular weight is 497 g/mol. The van der Waals surface area contributed by atoms with Crippen LogP contribution in [0.25, 0.3) is 65.7 Å².